The topological polar surface area (TPSA) is 56.5 Å². The van der Waals surface area contributed by atoms with Crippen LogP contribution < -0.4 is 11.1 Å². The summed E-state index contributed by atoms with van der Waals surface area (Å²) in [6, 6.07) is 0.661. The maximum atomic E-state index is 5.75. The Morgan fingerprint density at radius 2 is 2.06 bits per heavy atom. The molecule has 3 N–H and O–H groups in total. The molecule has 1 aliphatic rings. The van der Waals surface area contributed by atoms with Gasteiger partial charge in [-0.05, 0) is 44.7 Å². The van der Waals surface area contributed by atoms with Crippen LogP contribution in [0.15, 0.2) is 0 Å². The van der Waals surface area contributed by atoms with Gasteiger partial charge in [-0.3, -0.25) is 0 Å². The van der Waals surface area contributed by atoms with Gasteiger partial charge in [0.2, 0.25) is 0 Å². The van der Waals surface area contributed by atoms with Gasteiger partial charge in [-0.15, -0.1) is 0 Å². The lowest BCUT2D eigenvalue weighted by molar-refractivity contribution is 0.0687. The Morgan fingerprint density at radius 3 is 2.82 bits per heavy atom. The smallest absolute Gasteiger partial charge is 0.0700 e. The second-order valence-corrected chi connectivity index (χ2v) is 4.80. The summed E-state index contributed by atoms with van der Waals surface area (Å²) >= 11 is 0. The molecular formula is C13H28N2O2. The van der Waals surface area contributed by atoms with Gasteiger partial charge in [0, 0.05) is 19.8 Å². The van der Waals surface area contributed by atoms with Crippen molar-refractivity contribution >= 4 is 0 Å². The molecule has 4 nitrogen and oxygen atoms in total. The predicted molar refractivity (Wildman–Crippen MR) is 70.1 cm³/mol. The molecule has 1 aliphatic carbocycles. The maximum Gasteiger partial charge on any atom is 0.0700 e. The van der Waals surface area contributed by atoms with Crippen LogP contribution in [0.25, 0.3) is 0 Å². The van der Waals surface area contributed by atoms with E-state index in [4.69, 9.17) is 15.2 Å². The number of ether oxygens (including phenoxy) is 2. The Morgan fingerprint density at radius 1 is 1.18 bits per heavy atom. The number of nitrogens with two attached hydrogens (primary N) is 1. The number of methoxy groups -OCH3 is 1. The Hall–Kier alpha value is -0.160. The van der Waals surface area contributed by atoms with E-state index in [1.807, 2.05) is 0 Å². The zero-order chi connectivity index (χ0) is 12.3. The van der Waals surface area contributed by atoms with Gasteiger partial charge >= 0.3 is 0 Å². The van der Waals surface area contributed by atoms with Crippen LogP contribution in [0.4, 0.5) is 0 Å². The Balaban J connectivity index is 1.87. The number of unbranched alkanes of at least 4 members (excludes halogenated alkanes) is 1. The zero-order valence-electron chi connectivity index (χ0n) is 11.1. The molecule has 2 atom stereocenters. The van der Waals surface area contributed by atoms with Gasteiger partial charge in [0.1, 0.15) is 0 Å². The Kier molecular flexibility index (Phi) is 8.61. The fraction of sp³-hybridized carbons (Fsp3) is 1.00. The molecule has 4 heteroatoms. The van der Waals surface area contributed by atoms with Gasteiger partial charge in [-0.1, -0.05) is 6.42 Å². The second-order valence-electron chi connectivity index (χ2n) is 4.80. The van der Waals surface area contributed by atoms with Gasteiger partial charge in [-0.2, -0.15) is 0 Å². The third kappa shape index (κ3) is 6.36. The highest BCUT2D eigenvalue weighted by Gasteiger charge is 2.24. The third-order valence-electron chi connectivity index (χ3n) is 3.52. The molecule has 1 rings (SSSR count). The van der Waals surface area contributed by atoms with Crippen LogP contribution in [0.3, 0.4) is 0 Å². The van der Waals surface area contributed by atoms with Gasteiger partial charge in [0.15, 0.2) is 0 Å². The lowest BCUT2D eigenvalue weighted by Gasteiger charge is -2.19. The molecule has 0 bridgehead atoms. The summed E-state index contributed by atoms with van der Waals surface area (Å²) in [4.78, 5) is 0. The largest absolute Gasteiger partial charge is 0.382 e. The third-order valence-corrected chi connectivity index (χ3v) is 3.52. The van der Waals surface area contributed by atoms with E-state index in [0.717, 1.165) is 26.1 Å². The minimum absolute atomic E-state index is 0.661. The first-order valence-electron chi connectivity index (χ1n) is 6.88. The average Bonchev–Trinajstić information content (AvgIpc) is 2.80. The van der Waals surface area contributed by atoms with Crippen molar-refractivity contribution in [1.82, 2.24) is 5.32 Å². The predicted octanol–water partition coefficient (Wildman–Crippen LogP) is 1.15. The molecule has 0 aromatic rings. The molecule has 102 valence electrons. The summed E-state index contributed by atoms with van der Waals surface area (Å²) in [7, 11) is 1.70. The maximum absolute atomic E-state index is 5.75. The van der Waals surface area contributed by atoms with E-state index in [0.29, 0.717) is 25.2 Å². The van der Waals surface area contributed by atoms with E-state index in [1.54, 1.807) is 7.11 Å². The van der Waals surface area contributed by atoms with Gasteiger partial charge in [0.05, 0.1) is 13.2 Å². The summed E-state index contributed by atoms with van der Waals surface area (Å²) in [6.07, 6.45) is 6.23. The molecule has 1 fully saturated rings. The number of nitrogens with one attached hydrogen (secondary N) is 1. The van der Waals surface area contributed by atoms with Crippen LogP contribution in [-0.2, 0) is 9.47 Å². The summed E-state index contributed by atoms with van der Waals surface area (Å²) < 4.78 is 10.3. The molecule has 0 aromatic carbocycles. The van der Waals surface area contributed by atoms with Crippen LogP contribution in [0.1, 0.15) is 32.1 Å². The molecule has 0 aromatic heterocycles. The van der Waals surface area contributed by atoms with Crippen LogP contribution >= 0.6 is 0 Å². The van der Waals surface area contributed by atoms with Crippen molar-refractivity contribution in [2.45, 2.75) is 38.1 Å². The Labute approximate surface area is 105 Å². The van der Waals surface area contributed by atoms with Gasteiger partial charge in [0.25, 0.3) is 0 Å². The molecule has 0 amide bonds. The summed E-state index contributed by atoms with van der Waals surface area (Å²) in [5.41, 5.74) is 5.75. The first kappa shape index (κ1) is 14.9. The summed E-state index contributed by atoms with van der Waals surface area (Å²) in [5.74, 6) is 0.702. The van der Waals surface area contributed by atoms with Crippen molar-refractivity contribution in [3.05, 3.63) is 0 Å². The van der Waals surface area contributed by atoms with E-state index >= 15 is 0 Å². The fourth-order valence-electron chi connectivity index (χ4n) is 2.45. The zero-order valence-corrected chi connectivity index (χ0v) is 11.1. The van der Waals surface area contributed by atoms with Crippen LogP contribution in [0.5, 0.6) is 0 Å². The van der Waals surface area contributed by atoms with Gasteiger partial charge < -0.3 is 20.5 Å². The van der Waals surface area contributed by atoms with Gasteiger partial charge in [-0.25, -0.2) is 0 Å². The van der Waals surface area contributed by atoms with Crippen molar-refractivity contribution in [2.75, 3.05) is 40.0 Å². The fourth-order valence-corrected chi connectivity index (χ4v) is 2.45. The molecule has 1 saturated carbocycles. The highest BCUT2D eigenvalue weighted by molar-refractivity contribution is 4.83. The average molecular weight is 244 g/mol. The van der Waals surface area contributed by atoms with E-state index in [1.165, 1.54) is 25.7 Å². The highest BCUT2D eigenvalue weighted by Crippen LogP contribution is 2.24. The normalized spacial score (nSPS) is 24.4. The van der Waals surface area contributed by atoms with E-state index in [-0.39, 0.29) is 0 Å². The Bertz CT molecular complexity index is 179. The summed E-state index contributed by atoms with van der Waals surface area (Å²) in [6.45, 7) is 4.17. The lowest BCUT2D eigenvalue weighted by atomic mass is 10.0. The molecule has 0 radical (unpaired) electrons. The monoisotopic (exact) mass is 244 g/mol. The van der Waals surface area contributed by atoms with Crippen LogP contribution in [0.2, 0.25) is 0 Å². The van der Waals surface area contributed by atoms with Crippen molar-refractivity contribution < 1.29 is 9.47 Å². The molecule has 0 saturated heterocycles. The minimum Gasteiger partial charge on any atom is -0.382 e. The minimum atomic E-state index is 0.661. The molecule has 2 unspecified atom stereocenters. The number of hydrogen-bond donors (Lipinski definition) is 2. The first-order chi connectivity index (χ1) is 8.38. The lowest BCUT2D eigenvalue weighted by Crippen LogP contribution is -2.36. The molecule has 17 heavy (non-hydrogen) atoms. The van der Waals surface area contributed by atoms with E-state index in [9.17, 15) is 0 Å². The molecule has 0 heterocycles. The van der Waals surface area contributed by atoms with E-state index in [2.05, 4.69) is 5.32 Å². The molecule has 0 aliphatic heterocycles. The first-order valence-corrected chi connectivity index (χ1v) is 6.88. The molecular weight excluding hydrogens is 216 g/mol. The van der Waals surface area contributed by atoms with Crippen LogP contribution in [-0.4, -0.2) is 46.1 Å². The van der Waals surface area contributed by atoms with Crippen LogP contribution in [0, 0.1) is 5.92 Å². The number of rotatable bonds is 10. The second kappa shape index (κ2) is 9.83. The van der Waals surface area contributed by atoms with Crippen molar-refractivity contribution in [3.8, 4) is 0 Å². The van der Waals surface area contributed by atoms with Crippen molar-refractivity contribution in [3.63, 3.8) is 0 Å². The van der Waals surface area contributed by atoms with E-state index < -0.39 is 0 Å². The SMILES string of the molecule is COCCOCCCCNC1CCCC1CN. The standard InChI is InChI=1S/C13H28N2O2/c1-16-9-10-17-8-3-2-7-15-13-6-4-5-12(13)11-14/h12-13,15H,2-11,14H2,1H3. The highest BCUT2D eigenvalue weighted by atomic mass is 16.5. The summed E-state index contributed by atoms with van der Waals surface area (Å²) in [5, 5.41) is 3.62. The van der Waals surface area contributed by atoms with Crippen molar-refractivity contribution in [1.29, 1.82) is 0 Å². The van der Waals surface area contributed by atoms with Crippen molar-refractivity contribution in [2.24, 2.45) is 11.7 Å². The quantitative estimate of drug-likeness (QED) is 0.566. The number of hydrogen-bond acceptors (Lipinski definition) is 4. The molecule has 0 spiro atoms.